The Labute approximate surface area is 136 Å². The second-order valence-electron chi connectivity index (χ2n) is 6.46. The number of hydrogen-bond acceptors (Lipinski definition) is 2. The van der Waals surface area contributed by atoms with Gasteiger partial charge in [-0.3, -0.25) is 4.79 Å². The molecule has 0 spiro atoms. The van der Waals surface area contributed by atoms with Crippen molar-refractivity contribution in [1.29, 1.82) is 0 Å². The first-order valence-electron chi connectivity index (χ1n) is 8.23. The predicted octanol–water partition coefficient (Wildman–Crippen LogP) is 4.40. The van der Waals surface area contributed by atoms with E-state index >= 15 is 0 Å². The minimum atomic E-state index is 0.244. The molecule has 0 N–H and O–H groups in total. The Morgan fingerprint density at radius 2 is 1.87 bits per heavy atom. The molecule has 2 aliphatic carbocycles. The third-order valence-corrected chi connectivity index (χ3v) is 5.20. The highest BCUT2D eigenvalue weighted by Gasteiger charge is 2.36. The van der Waals surface area contributed by atoms with Gasteiger partial charge in [0, 0.05) is 6.42 Å². The van der Waals surface area contributed by atoms with Crippen LogP contribution in [0.1, 0.15) is 35.4 Å². The van der Waals surface area contributed by atoms with Crippen LogP contribution in [0.2, 0.25) is 0 Å². The topological polar surface area (TPSA) is 26.3 Å². The summed E-state index contributed by atoms with van der Waals surface area (Å²) in [5, 5.41) is 0. The number of aryl methyl sites for hydroxylation is 1. The molecule has 0 amide bonds. The van der Waals surface area contributed by atoms with Gasteiger partial charge in [0.25, 0.3) is 0 Å². The molecule has 2 nitrogen and oxygen atoms in total. The van der Waals surface area contributed by atoms with Crippen molar-refractivity contribution in [2.45, 2.75) is 25.2 Å². The van der Waals surface area contributed by atoms with Gasteiger partial charge in [-0.1, -0.05) is 36.4 Å². The Hall–Kier alpha value is -2.35. The summed E-state index contributed by atoms with van der Waals surface area (Å²) in [5.41, 5.74) is 5.04. The lowest BCUT2D eigenvalue weighted by atomic mass is 9.67. The van der Waals surface area contributed by atoms with Crippen LogP contribution in [-0.2, 0) is 11.2 Å². The highest BCUT2D eigenvalue weighted by atomic mass is 16.5. The van der Waals surface area contributed by atoms with Gasteiger partial charge in [0.2, 0.25) is 0 Å². The number of carbonyl (C=O) groups is 1. The number of methoxy groups -OCH3 is 1. The fraction of sp³-hybridized carbons (Fsp3) is 0.286. The highest BCUT2D eigenvalue weighted by Crippen LogP contribution is 2.47. The van der Waals surface area contributed by atoms with Crippen LogP contribution in [0.3, 0.4) is 0 Å². The molecule has 2 atom stereocenters. The molecule has 4 rings (SSSR count). The molecule has 0 unspecified atom stereocenters. The van der Waals surface area contributed by atoms with Crippen molar-refractivity contribution in [1.82, 2.24) is 0 Å². The monoisotopic (exact) mass is 304 g/mol. The predicted molar refractivity (Wildman–Crippen MR) is 91.6 cm³/mol. The van der Waals surface area contributed by atoms with Crippen LogP contribution in [0.4, 0.5) is 0 Å². The molecule has 23 heavy (non-hydrogen) atoms. The summed E-state index contributed by atoms with van der Waals surface area (Å²) in [7, 11) is 1.70. The lowest BCUT2D eigenvalue weighted by Gasteiger charge is -2.37. The van der Waals surface area contributed by atoms with E-state index in [9.17, 15) is 4.79 Å². The lowest BCUT2D eigenvalue weighted by Crippen LogP contribution is -2.26. The van der Waals surface area contributed by atoms with E-state index in [0.717, 1.165) is 18.6 Å². The smallest absolute Gasteiger partial charge is 0.156 e. The maximum absolute atomic E-state index is 12.3. The summed E-state index contributed by atoms with van der Waals surface area (Å²) < 4.78 is 5.34. The first kappa shape index (κ1) is 14.3. The molecule has 2 aromatic carbocycles. The number of hydrogen-bond donors (Lipinski definition) is 0. The van der Waals surface area contributed by atoms with Crippen molar-refractivity contribution in [3.8, 4) is 5.75 Å². The van der Waals surface area contributed by atoms with Crippen molar-refractivity contribution >= 4 is 11.4 Å². The third kappa shape index (κ3) is 2.48. The molecular formula is C21H20O2. The lowest BCUT2D eigenvalue weighted by molar-refractivity contribution is -0.115. The van der Waals surface area contributed by atoms with Gasteiger partial charge in [0.05, 0.1) is 7.11 Å². The molecule has 2 aromatic rings. The van der Waals surface area contributed by atoms with Gasteiger partial charge in [-0.15, -0.1) is 0 Å². The van der Waals surface area contributed by atoms with Gasteiger partial charge in [0.1, 0.15) is 5.75 Å². The standard InChI is InChI=1S/C21H20O2/c1-23-17-8-10-18-15(11-17)7-9-19-20(12-16(22)13-21(18)19)14-5-3-2-4-6-14/h2-6,8,10-11,13,19-20H,7,9,12H2,1H3/t19-,20-/m1/s1. The van der Waals surface area contributed by atoms with Crippen LogP contribution in [0.15, 0.2) is 54.6 Å². The van der Waals surface area contributed by atoms with Crippen molar-refractivity contribution in [2.75, 3.05) is 7.11 Å². The van der Waals surface area contributed by atoms with E-state index < -0.39 is 0 Å². The number of fused-ring (bicyclic) bond motifs is 3. The summed E-state index contributed by atoms with van der Waals surface area (Å²) >= 11 is 0. The zero-order valence-corrected chi connectivity index (χ0v) is 13.3. The number of benzene rings is 2. The zero-order valence-electron chi connectivity index (χ0n) is 13.3. The molecule has 0 saturated carbocycles. The molecule has 116 valence electrons. The van der Waals surface area contributed by atoms with Crippen LogP contribution in [-0.4, -0.2) is 12.9 Å². The summed E-state index contributed by atoms with van der Waals surface area (Å²) in [4.78, 5) is 12.3. The zero-order chi connectivity index (χ0) is 15.8. The number of rotatable bonds is 2. The molecule has 0 fully saturated rings. The summed E-state index contributed by atoms with van der Waals surface area (Å²) in [6.07, 6.45) is 4.66. The van der Waals surface area contributed by atoms with E-state index in [4.69, 9.17) is 4.74 Å². The number of ether oxygens (including phenoxy) is 1. The van der Waals surface area contributed by atoms with Crippen molar-refractivity contribution in [3.05, 3.63) is 71.3 Å². The van der Waals surface area contributed by atoms with E-state index in [-0.39, 0.29) is 5.78 Å². The Kier molecular flexibility index (Phi) is 3.53. The SMILES string of the molecule is COc1ccc2c(c1)CC[C@H]1C2=CC(=O)C[C@@H]1c1ccccc1. The molecule has 0 aromatic heterocycles. The van der Waals surface area contributed by atoms with E-state index in [2.05, 4.69) is 36.4 Å². The Morgan fingerprint density at radius 1 is 1.04 bits per heavy atom. The number of carbonyl (C=O) groups excluding carboxylic acids is 1. The maximum Gasteiger partial charge on any atom is 0.156 e. The van der Waals surface area contributed by atoms with Gasteiger partial charge in [-0.05, 0) is 65.1 Å². The largest absolute Gasteiger partial charge is 0.497 e. The fourth-order valence-electron chi connectivity index (χ4n) is 4.10. The second kappa shape index (κ2) is 5.69. The molecule has 2 heteroatoms. The van der Waals surface area contributed by atoms with Gasteiger partial charge < -0.3 is 4.74 Å². The van der Waals surface area contributed by atoms with Crippen molar-refractivity contribution in [2.24, 2.45) is 5.92 Å². The van der Waals surface area contributed by atoms with Crippen LogP contribution in [0, 0.1) is 5.92 Å². The van der Waals surface area contributed by atoms with Crippen molar-refractivity contribution in [3.63, 3.8) is 0 Å². The van der Waals surface area contributed by atoms with E-state index in [1.807, 2.05) is 18.2 Å². The van der Waals surface area contributed by atoms with Gasteiger partial charge in [-0.25, -0.2) is 0 Å². The first-order chi connectivity index (χ1) is 11.3. The molecule has 0 heterocycles. The molecule has 0 saturated heterocycles. The summed E-state index contributed by atoms with van der Waals surface area (Å²) in [5.74, 6) is 1.88. The van der Waals surface area contributed by atoms with Crippen LogP contribution in [0.25, 0.3) is 5.57 Å². The van der Waals surface area contributed by atoms with Gasteiger partial charge >= 0.3 is 0 Å². The summed E-state index contributed by atoms with van der Waals surface area (Å²) in [6.45, 7) is 0. The normalized spacial score (nSPS) is 22.8. The first-order valence-corrected chi connectivity index (χ1v) is 8.23. The average Bonchev–Trinajstić information content (AvgIpc) is 2.61. The summed E-state index contributed by atoms with van der Waals surface area (Å²) in [6, 6.07) is 16.7. The van der Waals surface area contributed by atoms with E-state index in [1.54, 1.807) is 7.11 Å². The van der Waals surface area contributed by atoms with Gasteiger partial charge in [0.15, 0.2) is 5.78 Å². The van der Waals surface area contributed by atoms with Gasteiger partial charge in [-0.2, -0.15) is 0 Å². The average molecular weight is 304 g/mol. The Balaban J connectivity index is 1.77. The molecule has 0 radical (unpaired) electrons. The number of ketones is 1. The molecule has 0 bridgehead atoms. The minimum Gasteiger partial charge on any atom is -0.497 e. The molecule has 0 aliphatic heterocycles. The van der Waals surface area contributed by atoms with E-state index in [0.29, 0.717) is 18.3 Å². The minimum absolute atomic E-state index is 0.244. The van der Waals surface area contributed by atoms with E-state index in [1.165, 1.54) is 22.3 Å². The molecular weight excluding hydrogens is 284 g/mol. The van der Waals surface area contributed by atoms with Crippen LogP contribution >= 0.6 is 0 Å². The number of allylic oxidation sites excluding steroid dienone is 2. The van der Waals surface area contributed by atoms with Crippen LogP contribution < -0.4 is 4.74 Å². The second-order valence-corrected chi connectivity index (χ2v) is 6.46. The molecule has 2 aliphatic rings. The fourth-order valence-corrected chi connectivity index (χ4v) is 4.10. The third-order valence-electron chi connectivity index (χ3n) is 5.20. The van der Waals surface area contributed by atoms with Crippen LogP contribution in [0.5, 0.6) is 5.75 Å². The maximum atomic E-state index is 12.3. The Bertz CT molecular complexity index is 774. The van der Waals surface area contributed by atoms with Crippen molar-refractivity contribution < 1.29 is 9.53 Å². The Morgan fingerprint density at radius 3 is 2.65 bits per heavy atom. The highest BCUT2D eigenvalue weighted by molar-refractivity contribution is 6.00. The quantitative estimate of drug-likeness (QED) is 0.822.